The van der Waals surface area contributed by atoms with E-state index >= 15 is 0 Å². The van der Waals surface area contributed by atoms with E-state index in [0.717, 1.165) is 25.7 Å². The molecule has 1 unspecified atom stereocenters. The minimum atomic E-state index is -1.22. The fraction of sp³-hybridized carbons (Fsp3) is 0.615. The monoisotopic (exact) mass is 504 g/mol. The van der Waals surface area contributed by atoms with E-state index in [1.807, 2.05) is 13.8 Å². The second kappa shape index (κ2) is 13.1. The van der Waals surface area contributed by atoms with Gasteiger partial charge in [-0.05, 0) is 70.1 Å². The maximum atomic E-state index is 12.2. The lowest BCUT2D eigenvalue weighted by Crippen LogP contribution is -2.38. The van der Waals surface area contributed by atoms with Crippen LogP contribution in [0, 0.1) is 11.8 Å². The third-order valence-corrected chi connectivity index (χ3v) is 5.85. The van der Waals surface area contributed by atoms with Crippen molar-refractivity contribution in [2.24, 2.45) is 22.6 Å². The number of ether oxygens (including phenoxy) is 2. The lowest BCUT2D eigenvalue weighted by atomic mass is 9.92. The highest BCUT2D eigenvalue weighted by Gasteiger charge is 2.26. The Morgan fingerprint density at radius 2 is 1.78 bits per heavy atom. The van der Waals surface area contributed by atoms with Gasteiger partial charge in [-0.25, -0.2) is 14.4 Å². The van der Waals surface area contributed by atoms with Gasteiger partial charge in [0, 0.05) is 19.0 Å². The van der Waals surface area contributed by atoms with Crippen LogP contribution in [-0.4, -0.2) is 59.2 Å². The normalized spacial score (nSPS) is 15.9. The van der Waals surface area contributed by atoms with E-state index in [-0.39, 0.29) is 11.9 Å². The van der Waals surface area contributed by atoms with Crippen LogP contribution in [0.15, 0.2) is 29.3 Å². The third-order valence-electron chi connectivity index (χ3n) is 5.85. The summed E-state index contributed by atoms with van der Waals surface area (Å²) in [5.41, 5.74) is 5.49. The summed E-state index contributed by atoms with van der Waals surface area (Å²) in [6.45, 7) is 10.8. The van der Waals surface area contributed by atoms with Gasteiger partial charge in [-0.1, -0.05) is 26.0 Å². The number of nitrogens with zero attached hydrogens (tertiary/aromatic N) is 2. The molecule has 1 aromatic rings. The number of hydrogen-bond donors (Lipinski definition) is 3. The van der Waals surface area contributed by atoms with Crippen LogP contribution in [0.5, 0.6) is 5.75 Å². The number of likely N-dealkylation sites (tertiary alicyclic amines) is 1. The van der Waals surface area contributed by atoms with E-state index < -0.39 is 23.7 Å². The summed E-state index contributed by atoms with van der Waals surface area (Å²) in [5, 5.41) is 11.9. The Morgan fingerprint density at radius 1 is 1.17 bits per heavy atom. The molecule has 1 aliphatic rings. The Kier molecular flexibility index (Phi) is 10.6. The molecule has 1 aliphatic heterocycles. The van der Waals surface area contributed by atoms with Crippen molar-refractivity contribution in [3.63, 3.8) is 0 Å². The van der Waals surface area contributed by atoms with Crippen molar-refractivity contribution < 1.29 is 29.0 Å². The standard InChI is InChI=1S/C26H40N4O6/c1-17(2)22(27)29-24(33)30-14-12-18(13-15-30)7-6-16-35-20-10-8-19(9-11-20)21(23(31)32)28-25(34)36-26(3,4)5/h8-11,17-18,21H,6-7,12-16H2,1-5H3,(H,28,34)(H,31,32)(H2,27,29,33). The summed E-state index contributed by atoms with van der Waals surface area (Å²) in [6.07, 6.45) is 2.94. The molecular weight excluding hydrogens is 464 g/mol. The molecule has 0 spiro atoms. The number of amides is 3. The topological polar surface area (TPSA) is 144 Å². The average molecular weight is 505 g/mol. The van der Waals surface area contributed by atoms with Crippen LogP contribution in [0.25, 0.3) is 0 Å². The van der Waals surface area contributed by atoms with Crippen LogP contribution in [0.3, 0.4) is 0 Å². The van der Waals surface area contributed by atoms with E-state index in [9.17, 15) is 19.5 Å². The molecule has 10 nitrogen and oxygen atoms in total. The lowest BCUT2D eigenvalue weighted by Gasteiger charge is -2.30. The van der Waals surface area contributed by atoms with Crippen LogP contribution in [-0.2, 0) is 9.53 Å². The number of carbonyl (C=O) groups is 3. The Bertz CT molecular complexity index is 915. The van der Waals surface area contributed by atoms with Gasteiger partial charge in [0.2, 0.25) is 0 Å². The first-order valence-electron chi connectivity index (χ1n) is 12.4. The Labute approximate surface area is 213 Å². The molecule has 1 saturated heterocycles. The van der Waals surface area contributed by atoms with Gasteiger partial charge in [-0.3, -0.25) is 0 Å². The number of hydrogen-bond acceptors (Lipinski definition) is 5. The number of carboxylic acid groups (broad SMARTS) is 1. The first-order valence-corrected chi connectivity index (χ1v) is 12.4. The van der Waals surface area contributed by atoms with Crippen LogP contribution in [0.1, 0.15) is 71.9 Å². The van der Waals surface area contributed by atoms with Crippen LogP contribution >= 0.6 is 0 Å². The Morgan fingerprint density at radius 3 is 2.31 bits per heavy atom. The van der Waals surface area contributed by atoms with Crippen molar-refractivity contribution in [1.29, 1.82) is 0 Å². The quantitative estimate of drug-likeness (QED) is 0.258. The molecule has 1 fully saturated rings. The number of piperidine rings is 1. The van der Waals surface area contributed by atoms with Crippen molar-refractivity contribution in [3.05, 3.63) is 29.8 Å². The van der Waals surface area contributed by atoms with E-state index in [1.165, 1.54) is 0 Å². The number of nitrogens with one attached hydrogen (secondary N) is 1. The van der Waals surface area contributed by atoms with Crippen LogP contribution in [0.2, 0.25) is 0 Å². The summed E-state index contributed by atoms with van der Waals surface area (Å²) < 4.78 is 11.0. The van der Waals surface area contributed by atoms with Crippen LogP contribution < -0.4 is 15.8 Å². The zero-order chi connectivity index (χ0) is 26.9. The highest BCUT2D eigenvalue weighted by atomic mass is 16.6. The molecule has 0 saturated carbocycles. The zero-order valence-electron chi connectivity index (χ0n) is 22.0. The SMILES string of the molecule is CC(C)C(N)=NC(=O)N1CCC(CCCOc2ccc(C(NC(=O)OC(C)(C)C)C(=O)O)cc2)CC1. The number of carbonyl (C=O) groups excluding carboxylic acids is 2. The summed E-state index contributed by atoms with van der Waals surface area (Å²) >= 11 is 0. The number of carboxylic acids is 1. The minimum absolute atomic E-state index is 0.0511. The molecule has 0 bridgehead atoms. The van der Waals surface area contributed by atoms with E-state index in [2.05, 4.69) is 10.3 Å². The average Bonchev–Trinajstić information content (AvgIpc) is 2.79. The molecular formula is C26H40N4O6. The van der Waals surface area contributed by atoms with Crippen molar-refractivity contribution in [2.45, 2.75) is 71.9 Å². The maximum absolute atomic E-state index is 12.2. The first kappa shape index (κ1) is 28.9. The molecule has 200 valence electrons. The van der Waals surface area contributed by atoms with Crippen LogP contribution in [0.4, 0.5) is 9.59 Å². The maximum Gasteiger partial charge on any atom is 0.408 e. The van der Waals surface area contributed by atoms with E-state index in [0.29, 0.717) is 42.8 Å². The molecule has 1 aromatic carbocycles. The van der Waals surface area contributed by atoms with Gasteiger partial charge >= 0.3 is 18.1 Å². The van der Waals surface area contributed by atoms with Crippen molar-refractivity contribution >= 4 is 23.9 Å². The summed E-state index contributed by atoms with van der Waals surface area (Å²) in [6, 6.07) is 5.14. The zero-order valence-corrected chi connectivity index (χ0v) is 22.0. The Hall–Kier alpha value is -3.30. The summed E-state index contributed by atoms with van der Waals surface area (Å²) in [5.74, 6) is 0.389. The molecule has 10 heteroatoms. The van der Waals surface area contributed by atoms with Crippen molar-refractivity contribution in [2.75, 3.05) is 19.7 Å². The van der Waals surface area contributed by atoms with Gasteiger partial charge in [0.05, 0.1) is 6.61 Å². The first-order chi connectivity index (χ1) is 16.9. The number of nitrogens with two attached hydrogens (primary N) is 1. The van der Waals surface area contributed by atoms with Gasteiger partial charge < -0.3 is 30.5 Å². The van der Waals surface area contributed by atoms with Crippen molar-refractivity contribution in [1.82, 2.24) is 10.2 Å². The molecule has 4 N–H and O–H groups in total. The number of aliphatic imine (C=N–C) groups is 1. The number of amidine groups is 1. The van der Waals surface area contributed by atoms with Gasteiger partial charge in [0.25, 0.3) is 0 Å². The molecule has 36 heavy (non-hydrogen) atoms. The van der Waals surface area contributed by atoms with E-state index in [4.69, 9.17) is 15.2 Å². The Balaban J connectivity index is 1.75. The number of urea groups is 1. The second-order valence-corrected chi connectivity index (χ2v) is 10.4. The number of benzene rings is 1. The second-order valence-electron chi connectivity index (χ2n) is 10.4. The molecule has 0 radical (unpaired) electrons. The molecule has 0 aliphatic carbocycles. The van der Waals surface area contributed by atoms with Crippen molar-refractivity contribution in [3.8, 4) is 5.75 Å². The summed E-state index contributed by atoms with van der Waals surface area (Å²) in [7, 11) is 0. The lowest BCUT2D eigenvalue weighted by molar-refractivity contribution is -0.139. The molecule has 2 rings (SSSR count). The third kappa shape index (κ3) is 9.75. The van der Waals surface area contributed by atoms with Gasteiger partial charge in [-0.15, -0.1) is 0 Å². The highest BCUT2D eigenvalue weighted by Crippen LogP contribution is 2.23. The van der Waals surface area contributed by atoms with Gasteiger partial charge in [0.1, 0.15) is 17.2 Å². The molecule has 1 atom stereocenters. The number of aliphatic carboxylic acids is 1. The minimum Gasteiger partial charge on any atom is -0.494 e. The van der Waals surface area contributed by atoms with Gasteiger partial charge in [0.15, 0.2) is 6.04 Å². The van der Waals surface area contributed by atoms with E-state index in [1.54, 1.807) is 49.9 Å². The number of alkyl carbamates (subject to hydrolysis) is 1. The fourth-order valence-corrected chi connectivity index (χ4v) is 3.75. The predicted octanol–water partition coefficient (Wildman–Crippen LogP) is 4.34. The molecule has 0 aromatic heterocycles. The number of rotatable bonds is 9. The largest absolute Gasteiger partial charge is 0.494 e. The smallest absolute Gasteiger partial charge is 0.408 e. The highest BCUT2D eigenvalue weighted by molar-refractivity contribution is 5.93. The molecule has 3 amide bonds. The van der Waals surface area contributed by atoms with Gasteiger partial charge in [-0.2, -0.15) is 4.99 Å². The molecule has 1 heterocycles. The predicted molar refractivity (Wildman–Crippen MR) is 137 cm³/mol. The summed E-state index contributed by atoms with van der Waals surface area (Å²) in [4.78, 5) is 41.6. The fourth-order valence-electron chi connectivity index (χ4n) is 3.75.